The van der Waals surface area contributed by atoms with Crippen molar-refractivity contribution < 1.29 is 23.5 Å². The second kappa shape index (κ2) is 6.98. The van der Waals surface area contributed by atoms with Crippen molar-refractivity contribution in [3.63, 3.8) is 0 Å². The van der Waals surface area contributed by atoms with E-state index in [1.807, 2.05) is 0 Å². The van der Waals surface area contributed by atoms with Crippen molar-refractivity contribution in [2.24, 2.45) is 0 Å². The Morgan fingerprint density at radius 1 is 1.30 bits per heavy atom. The molecule has 6 heteroatoms. The summed E-state index contributed by atoms with van der Waals surface area (Å²) in [4.78, 5) is 24.2. The van der Waals surface area contributed by atoms with Gasteiger partial charge in [0.25, 0.3) is 0 Å². The normalized spacial score (nSPS) is 12.0. The van der Waals surface area contributed by atoms with Crippen molar-refractivity contribution in [2.75, 3.05) is 6.54 Å². The van der Waals surface area contributed by atoms with Crippen LogP contribution in [0.15, 0.2) is 18.2 Å². The van der Waals surface area contributed by atoms with Crippen molar-refractivity contribution >= 4 is 11.9 Å². The number of halogens is 2. The molecule has 4 nitrogen and oxygen atoms in total. The van der Waals surface area contributed by atoms with Crippen molar-refractivity contribution in [1.29, 1.82) is 0 Å². The molecule has 1 atom stereocenters. The van der Waals surface area contributed by atoms with Crippen LogP contribution >= 0.6 is 0 Å². The smallest absolute Gasteiger partial charge is 0.305 e. The van der Waals surface area contributed by atoms with Gasteiger partial charge in [0.2, 0.25) is 5.91 Å². The van der Waals surface area contributed by atoms with E-state index in [1.54, 1.807) is 13.8 Å². The van der Waals surface area contributed by atoms with Crippen molar-refractivity contribution in [3.8, 4) is 0 Å². The topological polar surface area (TPSA) is 57.6 Å². The largest absolute Gasteiger partial charge is 0.481 e. The van der Waals surface area contributed by atoms with Crippen LogP contribution in [0.25, 0.3) is 0 Å². The van der Waals surface area contributed by atoms with E-state index in [0.29, 0.717) is 12.1 Å². The first-order valence-electron chi connectivity index (χ1n) is 6.30. The molecule has 1 N–H and O–H groups in total. The molecule has 0 aliphatic carbocycles. The fraction of sp³-hybridized carbons (Fsp3) is 0.429. The number of hydrogen-bond donors (Lipinski definition) is 1. The highest BCUT2D eigenvalue weighted by Gasteiger charge is 2.21. The zero-order valence-electron chi connectivity index (χ0n) is 11.4. The third-order valence-corrected chi connectivity index (χ3v) is 3.00. The average molecular weight is 285 g/mol. The minimum atomic E-state index is -1.00. The summed E-state index contributed by atoms with van der Waals surface area (Å²) < 4.78 is 25.9. The van der Waals surface area contributed by atoms with E-state index in [2.05, 4.69) is 0 Å². The number of carboxylic acid groups (broad SMARTS) is 1. The number of carboxylic acids is 1. The van der Waals surface area contributed by atoms with E-state index < -0.39 is 23.6 Å². The van der Waals surface area contributed by atoms with E-state index in [9.17, 15) is 18.4 Å². The number of likely N-dealkylation sites (N-methyl/N-ethyl adjacent to an activating group) is 1. The van der Waals surface area contributed by atoms with Crippen molar-refractivity contribution in [2.45, 2.75) is 32.7 Å². The summed E-state index contributed by atoms with van der Waals surface area (Å²) in [5.41, 5.74) is 0.356. The van der Waals surface area contributed by atoms with Gasteiger partial charge in [-0.25, -0.2) is 8.78 Å². The molecular weight excluding hydrogens is 268 g/mol. The molecule has 0 aliphatic heterocycles. The first kappa shape index (κ1) is 16.1. The van der Waals surface area contributed by atoms with Crippen LogP contribution in [-0.2, 0) is 16.0 Å². The van der Waals surface area contributed by atoms with E-state index in [0.717, 1.165) is 12.1 Å². The SMILES string of the molecule is CCN(C(=O)Cc1ccc(F)c(F)c1)C(C)CC(=O)O. The molecule has 0 aromatic heterocycles. The monoisotopic (exact) mass is 285 g/mol. The van der Waals surface area contributed by atoms with E-state index in [4.69, 9.17) is 5.11 Å². The molecule has 0 bridgehead atoms. The summed E-state index contributed by atoms with van der Waals surface area (Å²) in [6.07, 6.45) is -0.244. The molecule has 1 aromatic carbocycles. The molecule has 20 heavy (non-hydrogen) atoms. The average Bonchev–Trinajstić information content (AvgIpc) is 2.33. The van der Waals surface area contributed by atoms with Gasteiger partial charge in [-0.1, -0.05) is 6.07 Å². The maximum atomic E-state index is 13.1. The van der Waals surface area contributed by atoms with Gasteiger partial charge in [-0.05, 0) is 31.5 Å². The Bertz CT molecular complexity index is 505. The van der Waals surface area contributed by atoms with Crippen LogP contribution in [0.5, 0.6) is 0 Å². The Labute approximate surface area is 116 Å². The van der Waals surface area contributed by atoms with Crippen LogP contribution in [0.3, 0.4) is 0 Å². The number of carbonyl (C=O) groups excluding carboxylic acids is 1. The summed E-state index contributed by atoms with van der Waals surface area (Å²) in [5, 5.41) is 8.74. The van der Waals surface area contributed by atoms with Crippen LogP contribution in [0.1, 0.15) is 25.8 Å². The summed E-state index contributed by atoms with van der Waals surface area (Å²) in [5.74, 6) is -3.27. The Kier molecular flexibility index (Phi) is 5.61. The first-order valence-corrected chi connectivity index (χ1v) is 6.30. The standard InChI is InChI=1S/C14H17F2NO3/c1-3-17(9(2)6-14(19)20)13(18)8-10-4-5-11(15)12(16)7-10/h4-5,7,9H,3,6,8H2,1-2H3,(H,19,20). The van der Waals surface area contributed by atoms with Gasteiger partial charge in [0.15, 0.2) is 11.6 Å². The highest BCUT2D eigenvalue weighted by Crippen LogP contribution is 2.12. The molecule has 1 amide bonds. The third-order valence-electron chi connectivity index (χ3n) is 3.00. The highest BCUT2D eigenvalue weighted by molar-refractivity contribution is 5.79. The Morgan fingerprint density at radius 3 is 2.45 bits per heavy atom. The molecule has 0 fully saturated rings. The van der Waals surface area contributed by atoms with E-state index in [-0.39, 0.29) is 18.7 Å². The molecule has 110 valence electrons. The van der Waals surface area contributed by atoms with Crippen molar-refractivity contribution in [1.82, 2.24) is 4.90 Å². The lowest BCUT2D eigenvalue weighted by molar-refractivity contribution is -0.140. The highest BCUT2D eigenvalue weighted by atomic mass is 19.2. The number of amides is 1. The molecule has 0 saturated heterocycles. The van der Waals surface area contributed by atoms with Crippen molar-refractivity contribution in [3.05, 3.63) is 35.4 Å². The zero-order chi connectivity index (χ0) is 15.3. The predicted molar refractivity (Wildman–Crippen MR) is 69.2 cm³/mol. The minimum Gasteiger partial charge on any atom is -0.481 e. The number of benzene rings is 1. The van der Waals surface area contributed by atoms with Crippen LogP contribution in [-0.4, -0.2) is 34.5 Å². The fourth-order valence-electron chi connectivity index (χ4n) is 2.02. The molecule has 0 radical (unpaired) electrons. The summed E-state index contributed by atoms with van der Waals surface area (Å²) >= 11 is 0. The van der Waals surface area contributed by atoms with Gasteiger partial charge >= 0.3 is 5.97 Å². The molecule has 0 spiro atoms. The zero-order valence-corrected chi connectivity index (χ0v) is 11.4. The number of carbonyl (C=O) groups is 2. The molecule has 0 heterocycles. The lowest BCUT2D eigenvalue weighted by atomic mass is 10.1. The van der Waals surface area contributed by atoms with Gasteiger partial charge in [0.1, 0.15) is 0 Å². The van der Waals surface area contributed by atoms with Gasteiger partial charge in [-0.15, -0.1) is 0 Å². The van der Waals surface area contributed by atoms with E-state index in [1.165, 1.54) is 11.0 Å². The summed E-state index contributed by atoms with van der Waals surface area (Å²) in [7, 11) is 0. The maximum Gasteiger partial charge on any atom is 0.305 e. The predicted octanol–water partition coefficient (Wildman–Crippen LogP) is 2.22. The van der Waals surface area contributed by atoms with Gasteiger partial charge in [-0.3, -0.25) is 9.59 Å². The van der Waals surface area contributed by atoms with Crippen LogP contribution < -0.4 is 0 Å². The lowest BCUT2D eigenvalue weighted by Crippen LogP contribution is -2.40. The quantitative estimate of drug-likeness (QED) is 0.872. The number of rotatable bonds is 6. The van der Waals surface area contributed by atoms with Crippen LogP contribution in [0, 0.1) is 11.6 Å². The minimum absolute atomic E-state index is 0.0883. The second-order valence-corrected chi connectivity index (χ2v) is 4.55. The van der Waals surface area contributed by atoms with Gasteiger partial charge in [0, 0.05) is 12.6 Å². The van der Waals surface area contributed by atoms with Gasteiger partial charge in [-0.2, -0.15) is 0 Å². The molecule has 1 unspecified atom stereocenters. The molecule has 1 rings (SSSR count). The lowest BCUT2D eigenvalue weighted by Gasteiger charge is -2.27. The van der Waals surface area contributed by atoms with Crippen LogP contribution in [0.2, 0.25) is 0 Å². The fourth-order valence-corrected chi connectivity index (χ4v) is 2.02. The molecule has 0 saturated carbocycles. The number of nitrogens with zero attached hydrogens (tertiary/aromatic N) is 1. The van der Waals surface area contributed by atoms with Gasteiger partial charge < -0.3 is 10.0 Å². The van der Waals surface area contributed by atoms with Gasteiger partial charge in [0.05, 0.1) is 12.8 Å². The summed E-state index contributed by atoms with van der Waals surface area (Å²) in [6.45, 7) is 3.74. The summed E-state index contributed by atoms with van der Waals surface area (Å²) in [6, 6.07) is 2.83. The van der Waals surface area contributed by atoms with E-state index >= 15 is 0 Å². The Morgan fingerprint density at radius 2 is 1.95 bits per heavy atom. The first-order chi connectivity index (χ1) is 9.35. The number of aliphatic carboxylic acids is 1. The Balaban J connectivity index is 2.76. The third kappa shape index (κ3) is 4.29. The Hall–Kier alpha value is -1.98. The maximum absolute atomic E-state index is 13.1. The molecular formula is C14H17F2NO3. The molecule has 1 aromatic rings. The second-order valence-electron chi connectivity index (χ2n) is 4.55. The van der Waals surface area contributed by atoms with Crippen LogP contribution in [0.4, 0.5) is 8.78 Å². The molecule has 0 aliphatic rings. The number of hydrogen-bond acceptors (Lipinski definition) is 2.